The summed E-state index contributed by atoms with van der Waals surface area (Å²) in [5.41, 5.74) is 1.18. The summed E-state index contributed by atoms with van der Waals surface area (Å²) in [6.45, 7) is 9.05. The van der Waals surface area contributed by atoms with Crippen molar-refractivity contribution < 1.29 is 14.3 Å². The van der Waals surface area contributed by atoms with Crippen LogP contribution in [0.1, 0.15) is 39.7 Å². The van der Waals surface area contributed by atoms with Gasteiger partial charge in [0.2, 0.25) is 0 Å². The Morgan fingerprint density at radius 2 is 1.81 bits per heavy atom. The molecule has 4 heteroatoms. The van der Waals surface area contributed by atoms with Crippen molar-refractivity contribution in [1.29, 1.82) is 0 Å². The molecule has 0 aliphatic rings. The van der Waals surface area contributed by atoms with Gasteiger partial charge in [0.1, 0.15) is 5.75 Å². The molecule has 118 valence electrons. The van der Waals surface area contributed by atoms with Gasteiger partial charge in [0, 0.05) is 12.1 Å². The molecule has 0 aromatic heterocycles. The van der Waals surface area contributed by atoms with Crippen molar-refractivity contribution in [1.82, 2.24) is 5.32 Å². The highest BCUT2D eigenvalue weighted by molar-refractivity contribution is 5.70. The molecule has 0 radical (unpaired) electrons. The average molecular weight is 293 g/mol. The Kier molecular flexibility index (Phi) is 7.83. The fraction of sp³-hybridized carbons (Fsp3) is 0.588. The first-order valence-electron chi connectivity index (χ1n) is 7.68. The molecule has 0 aliphatic heterocycles. The lowest BCUT2D eigenvalue weighted by Crippen LogP contribution is -2.38. The molecule has 4 nitrogen and oxygen atoms in total. The van der Waals surface area contributed by atoms with E-state index in [4.69, 9.17) is 9.47 Å². The predicted octanol–water partition coefficient (Wildman–Crippen LogP) is 2.95. The van der Waals surface area contributed by atoms with E-state index in [0.717, 1.165) is 12.2 Å². The molecule has 1 aromatic rings. The maximum atomic E-state index is 11.7. The minimum absolute atomic E-state index is 0.0852. The van der Waals surface area contributed by atoms with E-state index in [0.29, 0.717) is 25.7 Å². The van der Waals surface area contributed by atoms with Gasteiger partial charge in [0.05, 0.1) is 19.6 Å². The fourth-order valence-corrected chi connectivity index (χ4v) is 2.26. The molecule has 1 rings (SSSR count). The van der Waals surface area contributed by atoms with E-state index in [-0.39, 0.29) is 12.0 Å². The summed E-state index contributed by atoms with van der Waals surface area (Å²) in [5.74, 6) is 0.724. The van der Waals surface area contributed by atoms with Gasteiger partial charge < -0.3 is 14.8 Å². The van der Waals surface area contributed by atoms with Crippen LogP contribution in [-0.2, 0) is 16.0 Å². The zero-order valence-electron chi connectivity index (χ0n) is 13.5. The lowest BCUT2D eigenvalue weighted by atomic mass is 10.0. The number of hydrogen-bond donors (Lipinski definition) is 1. The largest absolute Gasteiger partial charge is 0.494 e. The van der Waals surface area contributed by atoms with Gasteiger partial charge >= 0.3 is 5.97 Å². The van der Waals surface area contributed by atoms with Crippen LogP contribution in [0.3, 0.4) is 0 Å². The Labute approximate surface area is 127 Å². The normalized spacial score (nSPS) is 12.2. The number of carbonyl (C=O) groups excluding carboxylic acids is 1. The zero-order valence-corrected chi connectivity index (χ0v) is 13.5. The van der Waals surface area contributed by atoms with Crippen molar-refractivity contribution in [2.24, 2.45) is 0 Å². The topological polar surface area (TPSA) is 47.6 Å². The standard InChI is InChI=1S/C17H27NO3/c1-5-20-16-9-7-14(8-10-16)11-15(18-13(3)4)12-17(19)21-6-2/h7-10,13,15,18H,5-6,11-12H2,1-4H3. The summed E-state index contributed by atoms with van der Waals surface area (Å²) in [4.78, 5) is 11.7. The first kappa shape index (κ1) is 17.5. The molecule has 0 saturated heterocycles. The van der Waals surface area contributed by atoms with Crippen LogP contribution in [0.25, 0.3) is 0 Å². The molecule has 1 N–H and O–H groups in total. The molecule has 0 heterocycles. The number of nitrogens with one attached hydrogen (secondary N) is 1. The minimum Gasteiger partial charge on any atom is -0.494 e. The summed E-state index contributed by atoms with van der Waals surface area (Å²) in [7, 11) is 0. The summed E-state index contributed by atoms with van der Waals surface area (Å²) in [6.07, 6.45) is 1.18. The predicted molar refractivity (Wildman–Crippen MR) is 84.6 cm³/mol. The molecule has 1 unspecified atom stereocenters. The van der Waals surface area contributed by atoms with Gasteiger partial charge in [0.25, 0.3) is 0 Å². The first-order valence-corrected chi connectivity index (χ1v) is 7.68. The first-order chi connectivity index (χ1) is 10.0. The molecule has 1 atom stereocenters. The second-order valence-electron chi connectivity index (χ2n) is 5.31. The van der Waals surface area contributed by atoms with E-state index in [1.165, 1.54) is 5.56 Å². The number of esters is 1. The molecule has 1 aromatic carbocycles. The van der Waals surface area contributed by atoms with Crippen LogP contribution in [0.15, 0.2) is 24.3 Å². The maximum Gasteiger partial charge on any atom is 0.307 e. The molecule has 0 bridgehead atoms. The highest BCUT2D eigenvalue weighted by Gasteiger charge is 2.16. The number of carbonyl (C=O) groups is 1. The van der Waals surface area contributed by atoms with E-state index < -0.39 is 0 Å². The Morgan fingerprint density at radius 3 is 2.33 bits per heavy atom. The molecular weight excluding hydrogens is 266 g/mol. The van der Waals surface area contributed by atoms with Crippen molar-refractivity contribution in [2.75, 3.05) is 13.2 Å². The van der Waals surface area contributed by atoms with Gasteiger partial charge in [-0.2, -0.15) is 0 Å². The van der Waals surface area contributed by atoms with Crippen LogP contribution in [0, 0.1) is 0 Å². The third-order valence-electron chi connectivity index (χ3n) is 3.00. The molecular formula is C17H27NO3. The minimum atomic E-state index is -0.151. The molecule has 0 fully saturated rings. The number of ether oxygens (including phenoxy) is 2. The molecule has 21 heavy (non-hydrogen) atoms. The molecule has 0 spiro atoms. The summed E-state index contributed by atoms with van der Waals surface area (Å²) in [5, 5.41) is 3.43. The van der Waals surface area contributed by atoms with Crippen LogP contribution >= 0.6 is 0 Å². The van der Waals surface area contributed by atoms with Crippen LogP contribution in [0.5, 0.6) is 5.75 Å². The van der Waals surface area contributed by atoms with Crippen molar-refractivity contribution in [3.63, 3.8) is 0 Å². The van der Waals surface area contributed by atoms with Gasteiger partial charge in [0.15, 0.2) is 0 Å². The molecule has 0 saturated carbocycles. The van der Waals surface area contributed by atoms with Gasteiger partial charge in [-0.15, -0.1) is 0 Å². The fourth-order valence-electron chi connectivity index (χ4n) is 2.26. The smallest absolute Gasteiger partial charge is 0.307 e. The SMILES string of the molecule is CCOC(=O)CC(Cc1ccc(OCC)cc1)NC(C)C. The second-order valence-corrected chi connectivity index (χ2v) is 5.31. The number of rotatable bonds is 9. The zero-order chi connectivity index (χ0) is 15.7. The quantitative estimate of drug-likeness (QED) is 0.711. The summed E-state index contributed by atoms with van der Waals surface area (Å²) in [6, 6.07) is 8.44. The van der Waals surface area contributed by atoms with Crippen molar-refractivity contribution in [3.8, 4) is 5.75 Å². The summed E-state index contributed by atoms with van der Waals surface area (Å²) >= 11 is 0. The molecule has 0 aliphatic carbocycles. The van der Waals surface area contributed by atoms with Gasteiger partial charge in [-0.05, 0) is 38.0 Å². The average Bonchev–Trinajstić information content (AvgIpc) is 2.40. The highest BCUT2D eigenvalue weighted by atomic mass is 16.5. The van der Waals surface area contributed by atoms with Crippen LogP contribution < -0.4 is 10.1 Å². The number of hydrogen-bond acceptors (Lipinski definition) is 4. The maximum absolute atomic E-state index is 11.7. The number of benzene rings is 1. The Balaban J connectivity index is 2.64. The van der Waals surface area contributed by atoms with Crippen molar-refractivity contribution in [3.05, 3.63) is 29.8 Å². The van der Waals surface area contributed by atoms with Gasteiger partial charge in [-0.3, -0.25) is 4.79 Å². The van der Waals surface area contributed by atoms with Gasteiger partial charge in [-0.1, -0.05) is 26.0 Å². The monoisotopic (exact) mass is 293 g/mol. The lowest BCUT2D eigenvalue weighted by molar-refractivity contribution is -0.143. The van der Waals surface area contributed by atoms with E-state index in [9.17, 15) is 4.79 Å². The van der Waals surface area contributed by atoms with E-state index >= 15 is 0 Å². The third-order valence-corrected chi connectivity index (χ3v) is 3.00. The van der Waals surface area contributed by atoms with Crippen LogP contribution in [0.4, 0.5) is 0 Å². The third kappa shape index (κ3) is 7.14. The van der Waals surface area contributed by atoms with Crippen LogP contribution in [0.2, 0.25) is 0 Å². The highest BCUT2D eigenvalue weighted by Crippen LogP contribution is 2.14. The van der Waals surface area contributed by atoms with E-state index in [2.05, 4.69) is 19.2 Å². The Morgan fingerprint density at radius 1 is 1.14 bits per heavy atom. The van der Waals surface area contributed by atoms with Gasteiger partial charge in [-0.25, -0.2) is 0 Å². The Hall–Kier alpha value is -1.55. The van der Waals surface area contributed by atoms with E-state index in [1.54, 1.807) is 0 Å². The van der Waals surface area contributed by atoms with Crippen LogP contribution in [-0.4, -0.2) is 31.3 Å². The summed E-state index contributed by atoms with van der Waals surface area (Å²) < 4.78 is 10.5. The molecule has 0 amide bonds. The lowest BCUT2D eigenvalue weighted by Gasteiger charge is -2.20. The van der Waals surface area contributed by atoms with E-state index in [1.807, 2.05) is 38.1 Å². The van der Waals surface area contributed by atoms with Crippen molar-refractivity contribution in [2.45, 2.75) is 52.6 Å². The van der Waals surface area contributed by atoms with Crippen molar-refractivity contribution >= 4 is 5.97 Å². The second kappa shape index (κ2) is 9.40. The Bertz CT molecular complexity index is 415.